The fourth-order valence-corrected chi connectivity index (χ4v) is 4.90. The van der Waals surface area contributed by atoms with Crippen molar-refractivity contribution in [2.75, 3.05) is 20.8 Å². The number of aromatic nitrogens is 3. The number of alkyl halides is 7. The lowest BCUT2D eigenvalue weighted by Gasteiger charge is -2.22. The third-order valence-corrected chi connectivity index (χ3v) is 7.43. The van der Waals surface area contributed by atoms with Crippen molar-refractivity contribution in [3.05, 3.63) is 117 Å². The monoisotopic (exact) mass is 779 g/mol. The van der Waals surface area contributed by atoms with Gasteiger partial charge in [0.2, 0.25) is 0 Å². The average molecular weight is 781 g/mol. The van der Waals surface area contributed by atoms with Gasteiger partial charge in [0.1, 0.15) is 26.4 Å². The van der Waals surface area contributed by atoms with Gasteiger partial charge in [0.15, 0.2) is 5.71 Å². The first kappa shape index (κ1) is 41.7. The van der Waals surface area contributed by atoms with Crippen LogP contribution in [0.5, 0.6) is 0 Å². The summed E-state index contributed by atoms with van der Waals surface area (Å²) < 4.78 is 99.2. The summed E-state index contributed by atoms with van der Waals surface area (Å²) in [6.45, 7) is 0.874. The molecule has 0 fully saturated rings. The first-order valence-electron chi connectivity index (χ1n) is 14.8. The Labute approximate surface area is 302 Å². The predicted molar refractivity (Wildman–Crippen MR) is 177 cm³/mol. The molecule has 0 aliphatic rings. The molecule has 10 nitrogen and oxygen atoms in total. The Balaban J connectivity index is 0.000000288. The molecule has 0 bridgehead atoms. The fourth-order valence-electron chi connectivity index (χ4n) is 4.33. The van der Waals surface area contributed by atoms with Crippen LogP contribution in [0.3, 0.4) is 0 Å². The van der Waals surface area contributed by atoms with E-state index in [2.05, 4.69) is 25.1 Å². The summed E-state index contributed by atoms with van der Waals surface area (Å²) in [5.41, 5.74) is 1.15. The van der Waals surface area contributed by atoms with Crippen LogP contribution in [-0.4, -0.2) is 65.5 Å². The Kier molecular flexibility index (Phi) is 15.4. The van der Waals surface area contributed by atoms with Crippen molar-refractivity contribution >= 4 is 40.6 Å². The van der Waals surface area contributed by atoms with Crippen LogP contribution in [0.15, 0.2) is 89.7 Å². The van der Waals surface area contributed by atoms with Gasteiger partial charge >= 0.3 is 24.7 Å². The van der Waals surface area contributed by atoms with Gasteiger partial charge in [0.25, 0.3) is 0 Å². The van der Waals surface area contributed by atoms with Gasteiger partial charge in [-0.25, -0.2) is 18.6 Å². The van der Waals surface area contributed by atoms with E-state index in [1.54, 1.807) is 24.3 Å². The van der Waals surface area contributed by atoms with E-state index in [4.69, 9.17) is 37.6 Å². The number of hydrogen-bond acceptors (Lipinski definition) is 9. The van der Waals surface area contributed by atoms with Crippen LogP contribution in [0.1, 0.15) is 40.7 Å². The molecule has 1 heterocycles. The van der Waals surface area contributed by atoms with Gasteiger partial charge in [-0.2, -0.15) is 27.1 Å². The Bertz CT molecular complexity index is 1830. The van der Waals surface area contributed by atoms with Crippen molar-refractivity contribution in [1.29, 1.82) is 0 Å². The van der Waals surface area contributed by atoms with E-state index in [1.807, 2.05) is 0 Å². The van der Waals surface area contributed by atoms with Crippen molar-refractivity contribution < 1.29 is 54.7 Å². The Morgan fingerprint density at radius 3 is 2.31 bits per heavy atom. The SMILES string of the molecule is CO/N=C(/C(=O)OC)c1ccccc1CO/N=C(\C)c1cccc(C(F)(F)F)c1.FC(F)C(F)(F)OCC(Cn1cncn1)c1ccc(Cl)cc1Cl. The van der Waals surface area contributed by atoms with Gasteiger partial charge in [-0.05, 0) is 42.3 Å². The maximum absolute atomic E-state index is 13.0. The largest absolute Gasteiger partial charge is 0.464 e. The van der Waals surface area contributed by atoms with Crippen LogP contribution in [-0.2, 0) is 43.3 Å². The smallest absolute Gasteiger partial charge is 0.416 e. The normalized spacial score (nSPS) is 12.9. The summed E-state index contributed by atoms with van der Waals surface area (Å²) >= 11 is 11.8. The number of methoxy groups -OCH3 is 1. The van der Waals surface area contributed by atoms with Crippen LogP contribution >= 0.6 is 23.2 Å². The van der Waals surface area contributed by atoms with Gasteiger partial charge in [0.05, 0.1) is 31.5 Å². The molecule has 280 valence electrons. The molecule has 4 rings (SSSR count). The molecule has 0 N–H and O–H groups in total. The second-order valence-corrected chi connectivity index (χ2v) is 11.3. The van der Waals surface area contributed by atoms with Gasteiger partial charge in [-0.1, -0.05) is 76.0 Å². The van der Waals surface area contributed by atoms with Gasteiger partial charge in [-0.3, -0.25) is 4.68 Å². The zero-order chi connectivity index (χ0) is 38.5. The van der Waals surface area contributed by atoms with Crippen LogP contribution < -0.4 is 0 Å². The first-order chi connectivity index (χ1) is 24.6. The molecular weight excluding hydrogens is 750 g/mol. The summed E-state index contributed by atoms with van der Waals surface area (Å²) in [6.07, 6.45) is -10.3. The molecular formula is C33H30Cl2F7N5O5. The quantitative estimate of drug-likeness (QED) is 0.0547. The minimum atomic E-state index is -4.54. The van der Waals surface area contributed by atoms with Gasteiger partial charge in [-0.15, -0.1) is 0 Å². The molecule has 52 heavy (non-hydrogen) atoms. The lowest BCUT2D eigenvalue weighted by Crippen LogP contribution is -2.32. The molecule has 0 saturated carbocycles. The highest BCUT2D eigenvalue weighted by Gasteiger charge is 2.43. The summed E-state index contributed by atoms with van der Waals surface area (Å²) in [5, 5.41) is 12.0. The molecule has 1 aromatic heterocycles. The van der Waals surface area contributed by atoms with E-state index in [0.717, 1.165) is 12.1 Å². The lowest BCUT2D eigenvalue weighted by molar-refractivity contribution is -0.302. The van der Waals surface area contributed by atoms with E-state index in [9.17, 15) is 35.5 Å². The third-order valence-electron chi connectivity index (χ3n) is 6.87. The molecule has 1 unspecified atom stereocenters. The first-order valence-corrected chi connectivity index (χ1v) is 15.5. The zero-order valence-electron chi connectivity index (χ0n) is 27.5. The number of carbonyl (C=O) groups excluding carboxylic acids is 1. The van der Waals surface area contributed by atoms with Crippen molar-refractivity contribution in [2.24, 2.45) is 10.3 Å². The highest BCUT2D eigenvalue weighted by molar-refractivity contribution is 6.43. The molecule has 1 atom stereocenters. The molecule has 0 saturated heterocycles. The molecule has 0 aliphatic heterocycles. The third kappa shape index (κ3) is 12.2. The molecule has 0 spiro atoms. The number of ether oxygens (including phenoxy) is 2. The lowest BCUT2D eigenvalue weighted by atomic mass is 10.00. The van der Waals surface area contributed by atoms with Crippen LogP contribution in [0.4, 0.5) is 30.7 Å². The number of rotatable bonds is 14. The Morgan fingerprint density at radius 1 is 0.962 bits per heavy atom. The molecule has 0 radical (unpaired) electrons. The van der Waals surface area contributed by atoms with Crippen LogP contribution in [0, 0.1) is 0 Å². The van der Waals surface area contributed by atoms with Gasteiger partial charge in [0, 0.05) is 27.1 Å². The van der Waals surface area contributed by atoms with Crippen molar-refractivity contribution in [2.45, 2.75) is 44.7 Å². The molecule has 0 aliphatic carbocycles. The number of esters is 1. The van der Waals surface area contributed by atoms with Crippen molar-refractivity contribution in [1.82, 2.24) is 14.8 Å². The van der Waals surface area contributed by atoms with Crippen molar-refractivity contribution in [3.8, 4) is 0 Å². The molecule has 0 amide bonds. The second kappa shape index (κ2) is 19.2. The maximum atomic E-state index is 13.0. The second-order valence-electron chi connectivity index (χ2n) is 10.5. The number of benzene rings is 3. The zero-order valence-corrected chi connectivity index (χ0v) is 29.0. The highest BCUT2D eigenvalue weighted by atomic mass is 35.5. The minimum Gasteiger partial charge on any atom is -0.464 e. The molecule has 3 aromatic carbocycles. The standard InChI is InChI=1S/C20H19F3N2O4.C13H11Cl2F4N3O/c1-13(14-8-6-9-16(11-14)20(21,22)23)24-29-12-15-7-4-5-10-17(15)18(25-28-3)19(26)27-2;14-9-1-2-10(11(15)3-9)8(4-22-7-20-6-21-22)5-23-13(18,19)12(16)17/h4-11H,12H2,1-3H3;1-3,6-8,12H,4-5H2/b24-13+,25-18+;. The fraction of sp³-hybridized carbons (Fsp3) is 0.303. The molecule has 4 aromatic rings. The van der Waals surface area contributed by atoms with Gasteiger partial charge < -0.3 is 19.1 Å². The average Bonchev–Trinajstić information content (AvgIpc) is 3.62. The summed E-state index contributed by atoms with van der Waals surface area (Å²) in [5.74, 6) is -1.44. The van der Waals surface area contributed by atoms with Crippen molar-refractivity contribution in [3.63, 3.8) is 0 Å². The molecule has 19 heteroatoms. The van der Waals surface area contributed by atoms with E-state index in [1.165, 1.54) is 68.8 Å². The topological polar surface area (TPSA) is 109 Å². The van der Waals surface area contributed by atoms with E-state index in [-0.39, 0.29) is 35.2 Å². The number of nitrogens with zero attached hydrogens (tertiary/aromatic N) is 5. The van der Waals surface area contributed by atoms with Crippen LogP contribution in [0.25, 0.3) is 0 Å². The maximum Gasteiger partial charge on any atom is 0.416 e. The summed E-state index contributed by atoms with van der Waals surface area (Å²) in [7, 11) is 2.51. The number of carbonyl (C=O) groups is 1. The van der Waals surface area contributed by atoms with E-state index in [0.29, 0.717) is 21.7 Å². The number of halogens is 9. The number of hydrogen-bond donors (Lipinski definition) is 0. The number of oxime groups is 2. The highest BCUT2D eigenvalue weighted by Crippen LogP contribution is 2.32. The minimum absolute atomic E-state index is 0.0484. The summed E-state index contributed by atoms with van der Waals surface area (Å²) in [6, 6.07) is 16.0. The Hall–Kier alpha value is -4.74. The van der Waals surface area contributed by atoms with E-state index < -0.39 is 42.8 Å². The van der Waals surface area contributed by atoms with Crippen LogP contribution in [0.2, 0.25) is 10.0 Å². The van der Waals surface area contributed by atoms with E-state index >= 15 is 0 Å². The summed E-state index contributed by atoms with van der Waals surface area (Å²) in [4.78, 5) is 25.7. The predicted octanol–water partition coefficient (Wildman–Crippen LogP) is 8.41. The Morgan fingerprint density at radius 2 is 1.69 bits per heavy atom.